The van der Waals surface area contributed by atoms with Crippen LogP contribution in [0.2, 0.25) is 0 Å². The molecule has 0 saturated heterocycles. The van der Waals surface area contributed by atoms with Gasteiger partial charge in [-0.25, -0.2) is 0 Å². The fraction of sp³-hybridized carbons (Fsp3) is 0.562. The SMILES string of the molecule is CC1CCC(C(=O)NCc2ccc(CN)cc2)CC1. The van der Waals surface area contributed by atoms with E-state index < -0.39 is 0 Å². The third kappa shape index (κ3) is 4.06. The van der Waals surface area contributed by atoms with Crippen molar-refractivity contribution in [3.05, 3.63) is 35.4 Å². The molecule has 0 aliphatic heterocycles. The third-order valence-corrected chi connectivity index (χ3v) is 4.11. The van der Waals surface area contributed by atoms with E-state index in [9.17, 15) is 4.79 Å². The lowest BCUT2D eigenvalue weighted by molar-refractivity contribution is -0.126. The van der Waals surface area contributed by atoms with Gasteiger partial charge in [0, 0.05) is 19.0 Å². The molecule has 0 atom stereocenters. The van der Waals surface area contributed by atoms with Crippen molar-refractivity contribution in [3.8, 4) is 0 Å². The molecule has 104 valence electrons. The third-order valence-electron chi connectivity index (χ3n) is 4.11. The topological polar surface area (TPSA) is 55.1 Å². The van der Waals surface area contributed by atoms with E-state index in [1.54, 1.807) is 0 Å². The molecule has 1 saturated carbocycles. The average molecular weight is 260 g/mol. The van der Waals surface area contributed by atoms with Crippen molar-refractivity contribution < 1.29 is 4.79 Å². The lowest BCUT2D eigenvalue weighted by Gasteiger charge is -2.25. The van der Waals surface area contributed by atoms with E-state index in [-0.39, 0.29) is 11.8 Å². The summed E-state index contributed by atoms with van der Waals surface area (Å²) < 4.78 is 0. The lowest BCUT2D eigenvalue weighted by atomic mass is 9.82. The predicted octanol–water partition coefficient (Wildman–Crippen LogP) is 2.59. The van der Waals surface area contributed by atoms with Crippen LogP contribution in [0.1, 0.15) is 43.7 Å². The van der Waals surface area contributed by atoms with E-state index in [4.69, 9.17) is 5.73 Å². The van der Waals surface area contributed by atoms with E-state index in [0.717, 1.165) is 29.9 Å². The Kier molecular flexibility index (Phi) is 4.97. The van der Waals surface area contributed by atoms with Gasteiger partial charge in [-0.1, -0.05) is 31.2 Å². The molecule has 0 bridgehead atoms. The molecule has 2 rings (SSSR count). The Balaban J connectivity index is 1.79. The number of nitrogens with one attached hydrogen (secondary N) is 1. The molecular formula is C16H24N2O. The van der Waals surface area contributed by atoms with E-state index in [1.165, 1.54) is 12.8 Å². The lowest BCUT2D eigenvalue weighted by Crippen LogP contribution is -2.32. The molecule has 0 radical (unpaired) electrons. The van der Waals surface area contributed by atoms with Crippen molar-refractivity contribution in [2.45, 2.75) is 45.7 Å². The summed E-state index contributed by atoms with van der Waals surface area (Å²) in [6.07, 6.45) is 4.45. The molecule has 1 aliphatic rings. The molecule has 0 unspecified atom stereocenters. The zero-order valence-electron chi connectivity index (χ0n) is 11.7. The van der Waals surface area contributed by atoms with Crippen molar-refractivity contribution in [1.82, 2.24) is 5.32 Å². The molecule has 3 heteroatoms. The minimum atomic E-state index is 0.217. The summed E-state index contributed by atoms with van der Waals surface area (Å²) in [5.74, 6) is 1.22. The molecule has 3 nitrogen and oxygen atoms in total. The van der Waals surface area contributed by atoms with Crippen LogP contribution in [0.5, 0.6) is 0 Å². The van der Waals surface area contributed by atoms with Gasteiger partial charge in [-0.3, -0.25) is 4.79 Å². The maximum Gasteiger partial charge on any atom is 0.223 e. The molecule has 0 aromatic heterocycles. The summed E-state index contributed by atoms with van der Waals surface area (Å²) in [5, 5.41) is 3.05. The van der Waals surface area contributed by atoms with Gasteiger partial charge in [0.15, 0.2) is 0 Å². The van der Waals surface area contributed by atoms with Gasteiger partial charge in [0.1, 0.15) is 0 Å². The maximum absolute atomic E-state index is 12.1. The summed E-state index contributed by atoms with van der Waals surface area (Å²) in [5.41, 5.74) is 7.82. The van der Waals surface area contributed by atoms with Crippen LogP contribution in [0.3, 0.4) is 0 Å². The Labute approximate surface area is 115 Å². The highest BCUT2D eigenvalue weighted by molar-refractivity contribution is 5.78. The number of hydrogen-bond acceptors (Lipinski definition) is 2. The second-order valence-corrected chi connectivity index (χ2v) is 5.70. The molecule has 0 heterocycles. The van der Waals surface area contributed by atoms with Crippen molar-refractivity contribution in [3.63, 3.8) is 0 Å². The zero-order valence-corrected chi connectivity index (χ0v) is 11.7. The maximum atomic E-state index is 12.1. The molecule has 1 aromatic carbocycles. The summed E-state index contributed by atoms with van der Waals surface area (Å²) in [6.45, 7) is 3.45. The highest BCUT2D eigenvalue weighted by Crippen LogP contribution is 2.28. The Morgan fingerprint density at radius 3 is 2.32 bits per heavy atom. The molecule has 1 fully saturated rings. The fourth-order valence-electron chi connectivity index (χ4n) is 2.65. The minimum Gasteiger partial charge on any atom is -0.352 e. The first-order valence-electron chi connectivity index (χ1n) is 7.24. The first-order valence-corrected chi connectivity index (χ1v) is 7.24. The quantitative estimate of drug-likeness (QED) is 0.874. The van der Waals surface area contributed by atoms with Gasteiger partial charge in [0.05, 0.1) is 0 Å². The smallest absolute Gasteiger partial charge is 0.223 e. The highest BCUT2D eigenvalue weighted by atomic mass is 16.1. The molecule has 0 spiro atoms. The van der Waals surface area contributed by atoms with Gasteiger partial charge < -0.3 is 11.1 Å². The second-order valence-electron chi connectivity index (χ2n) is 5.70. The van der Waals surface area contributed by atoms with Crippen molar-refractivity contribution in [2.24, 2.45) is 17.6 Å². The Hall–Kier alpha value is -1.35. The fourth-order valence-corrected chi connectivity index (χ4v) is 2.65. The van der Waals surface area contributed by atoms with E-state index in [2.05, 4.69) is 12.2 Å². The average Bonchev–Trinajstić information content (AvgIpc) is 2.46. The summed E-state index contributed by atoms with van der Waals surface area (Å²) in [7, 11) is 0. The number of benzene rings is 1. The number of amides is 1. The van der Waals surface area contributed by atoms with Gasteiger partial charge in [0.2, 0.25) is 5.91 Å². The van der Waals surface area contributed by atoms with Crippen LogP contribution in [-0.2, 0) is 17.9 Å². The van der Waals surface area contributed by atoms with Gasteiger partial charge in [-0.15, -0.1) is 0 Å². The normalized spacial score (nSPS) is 23.1. The monoisotopic (exact) mass is 260 g/mol. The Bertz CT molecular complexity index is 405. The summed E-state index contributed by atoms with van der Waals surface area (Å²) in [4.78, 5) is 12.1. The van der Waals surface area contributed by atoms with E-state index >= 15 is 0 Å². The van der Waals surface area contributed by atoms with Crippen LogP contribution in [0.25, 0.3) is 0 Å². The highest BCUT2D eigenvalue weighted by Gasteiger charge is 2.23. The predicted molar refractivity (Wildman–Crippen MR) is 77.3 cm³/mol. The van der Waals surface area contributed by atoms with Crippen LogP contribution < -0.4 is 11.1 Å². The molecular weight excluding hydrogens is 236 g/mol. The number of nitrogens with two attached hydrogens (primary N) is 1. The van der Waals surface area contributed by atoms with Gasteiger partial charge in [-0.2, -0.15) is 0 Å². The largest absolute Gasteiger partial charge is 0.352 e. The number of carbonyl (C=O) groups excluding carboxylic acids is 1. The summed E-state index contributed by atoms with van der Waals surface area (Å²) in [6, 6.07) is 8.10. The standard InChI is InChI=1S/C16H24N2O/c1-12-2-8-15(9-3-12)16(19)18-11-14-6-4-13(10-17)5-7-14/h4-7,12,15H,2-3,8-11,17H2,1H3,(H,18,19). The summed E-state index contributed by atoms with van der Waals surface area (Å²) >= 11 is 0. The van der Waals surface area contributed by atoms with Gasteiger partial charge in [-0.05, 0) is 42.7 Å². The van der Waals surface area contributed by atoms with Gasteiger partial charge in [0.25, 0.3) is 0 Å². The van der Waals surface area contributed by atoms with Crippen LogP contribution in [0, 0.1) is 11.8 Å². The number of hydrogen-bond donors (Lipinski definition) is 2. The van der Waals surface area contributed by atoms with Crippen molar-refractivity contribution >= 4 is 5.91 Å². The van der Waals surface area contributed by atoms with Crippen molar-refractivity contribution in [2.75, 3.05) is 0 Å². The van der Waals surface area contributed by atoms with E-state index in [1.807, 2.05) is 24.3 Å². The Morgan fingerprint density at radius 1 is 1.16 bits per heavy atom. The molecule has 1 amide bonds. The van der Waals surface area contributed by atoms with E-state index in [0.29, 0.717) is 13.1 Å². The Morgan fingerprint density at radius 2 is 1.74 bits per heavy atom. The van der Waals surface area contributed by atoms with Crippen molar-refractivity contribution in [1.29, 1.82) is 0 Å². The van der Waals surface area contributed by atoms with Crippen LogP contribution >= 0.6 is 0 Å². The van der Waals surface area contributed by atoms with Crippen LogP contribution in [0.15, 0.2) is 24.3 Å². The number of carbonyl (C=O) groups is 1. The second kappa shape index (κ2) is 6.71. The minimum absolute atomic E-state index is 0.217. The first-order chi connectivity index (χ1) is 9.19. The molecule has 3 N–H and O–H groups in total. The number of rotatable bonds is 4. The molecule has 19 heavy (non-hydrogen) atoms. The van der Waals surface area contributed by atoms with Crippen LogP contribution in [-0.4, -0.2) is 5.91 Å². The molecule has 1 aliphatic carbocycles. The zero-order chi connectivity index (χ0) is 13.7. The van der Waals surface area contributed by atoms with Crippen LogP contribution in [0.4, 0.5) is 0 Å². The first kappa shape index (κ1) is 14.1. The molecule has 1 aromatic rings. The van der Waals surface area contributed by atoms with Gasteiger partial charge >= 0.3 is 0 Å².